The third-order valence-electron chi connectivity index (χ3n) is 14.5. The standard InChI is InChI=1S/C64H56N8O8S3.C2HF3O2/c1-41(60(75)79-56(43-20-10-5-11-21-43)44-22-12-6-13-23-44)80-69-53(51-40-82-62(65-51)68-64(46-24-14-7-15-25-46,47-26-16-8-17-27-47)48-28-18-9-19-29-48)57(73)67-54-58(74)72-55(61(76)78-37-42-30-32-49(77-4)33-31-42)45(38-81-59(54)72)39-83-63-66-50-36-70(2)35-34-52(50)71(63)3;3-2(4,5)1(6)7/h5-36,40-41,54,56,59H,37-39H2,1-4H3,(H-,65,67,68,73);(H,6,7)/b69-53-;/t41-,54?,59+;/m0./s1. The maximum Gasteiger partial charge on any atom is 0.430 e. The summed E-state index contributed by atoms with van der Waals surface area (Å²) in [4.78, 5) is 84.2. The third-order valence-corrected chi connectivity index (χ3v) is 17.7. The second-order valence-corrected chi connectivity index (χ2v) is 23.4. The number of esters is 2. The topological polar surface area (TPSA) is 220 Å². The number of imidazole rings is 1. The highest BCUT2D eigenvalue weighted by atomic mass is 32.2. The predicted molar refractivity (Wildman–Crippen MR) is 331 cm³/mol. The number of thioether (sulfide) groups is 2. The number of halogens is 3. The lowest BCUT2D eigenvalue weighted by Crippen LogP contribution is -2.71. The Kier molecular flexibility index (Phi) is 19.8. The highest BCUT2D eigenvalue weighted by Gasteiger charge is 2.55. The number of hydrogen-bond acceptors (Lipinski definition) is 17. The summed E-state index contributed by atoms with van der Waals surface area (Å²) in [6.07, 6.45) is -3.39. The van der Waals surface area contributed by atoms with E-state index in [1.807, 2.05) is 193 Å². The van der Waals surface area contributed by atoms with Crippen LogP contribution in [0.3, 0.4) is 0 Å². The Morgan fingerprint density at radius 1 is 0.811 bits per heavy atom. The molecule has 11 rings (SSSR count). The van der Waals surface area contributed by atoms with Gasteiger partial charge in [-0.05, 0) is 58.0 Å². The summed E-state index contributed by atoms with van der Waals surface area (Å²) in [7, 11) is 5.44. The SMILES string of the molecule is COc1ccc(COC(=O)C2=C(CSc3nc4c[n+](C)ccc4n3C)CS[C@@H]3C(NC(=O)/C(=N\O[C@@H](C)C(=O)OC(c4ccccc4)c4ccccc4)c4csc(NC(c5ccccc5)(c5ccccc5)c5ccccc5)n4)C(=O)N23)cc1.O=C([O-])C(F)(F)F. The van der Waals surface area contributed by atoms with E-state index >= 15 is 4.79 Å². The molecule has 2 amide bonds. The minimum absolute atomic E-state index is 0.0624. The largest absolute Gasteiger partial charge is 0.542 e. The van der Waals surface area contributed by atoms with E-state index in [0.717, 1.165) is 49.6 Å². The van der Waals surface area contributed by atoms with Crippen molar-refractivity contribution in [1.82, 2.24) is 24.8 Å². The number of hydrogen-bond donors (Lipinski definition) is 2. The first-order valence-corrected chi connectivity index (χ1v) is 30.8. The number of carboxylic acid groups (broad SMARTS) is 1. The molecule has 460 valence electrons. The molecule has 0 spiro atoms. The summed E-state index contributed by atoms with van der Waals surface area (Å²) in [6, 6.07) is 56.7. The second kappa shape index (κ2) is 28.1. The number of thiazole rings is 1. The van der Waals surface area contributed by atoms with Crippen LogP contribution in [-0.2, 0) is 64.5 Å². The highest BCUT2D eigenvalue weighted by Crippen LogP contribution is 2.44. The van der Waals surface area contributed by atoms with Crippen molar-refractivity contribution in [2.45, 2.75) is 54.0 Å². The number of nitrogens with zero attached hydrogens (tertiary/aromatic N) is 6. The molecule has 6 aromatic carbocycles. The van der Waals surface area contributed by atoms with Crippen LogP contribution < -0.4 is 25.0 Å². The van der Waals surface area contributed by atoms with E-state index in [2.05, 4.69) is 15.8 Å². The van der Waals surface area contributed by atoms with Crippen molar-refractivity contribution in [1.29, 1.82) is 0 Å². The van der Waals surface area contributed by atoms with E-state index in [0.29, 0.717) is 28.0 Å². The second-order valence-electron chi connectivity index (χ2n) is 20.5. The van der Waals surface area contributed by atoms with Crippen LogP contribution in [0.5, 0.6) is 5.75 Å². The average molecular weight is 1280 g/mol. The van der Waals surface area contributed by atoms with Gasteiger partial charge in [0.25, 0.3) is 11.8 Å². The number of aromatic nitrogens is 4. The van der Waals surface area contributed by atoms with Gasteiger partial charge in [-0.2, -0.15) is 13.2 Å². The van der Waals surface area contributed by atoms with Gasteiger partial charge >= 0.3 is 18.1 Å². The predicted octanol–water partition coefficient (Wildman–Crippen LogP) is 9.20. The quantitative estimate of drug-likeness (QED) is 0.0130. The molecule has 5 heterocycles. The molecule has 0 saturated carbocycles. The van der Waals surface area contributed by atoms with Crippen LogP contribution in [0, 0.1) is 0 Å². The van der Waals surface area contributed by atoms with Gasteiger partial charge in [0.05, 0.1) is 12.6 Å². The summed E-state index contributed by atoms with van der Waals surface area (Å²) < 4.78 is 52.9. The number of amides is 2. The van der Waals surface area contributed by atoms with Crippen LogP contribution in [0.4, 0.5) is 18.3 Å². The minimum Gasteiger partial charge on any atom is -0.542 e. The molecule has 1 saturated heterocycles. The number of benzene rings is 6. The Balaban J connectivity index is 0.00000120. The van der Waals surface area contributed by atoms with Crippen LogP contribution in [0.25, 0.3) is 11.0 Å². The number of aliphatic carboxylic acids is 1. The molecule has 2 aliphatic rings. The zero-order chi connectivity index (χ0) is 63.5. The fourth-order valence-corrected chi connectivity index (χ4v) is 13.2. The molecule has 2 N–H and O–H groups in total. The van der Waals surface area contributed by atoms with Gasteiger partial charge in [-0.3, -0.25) is 14.5 Å². The number of β-lactam (4-membered cyclic amide) rings is 1. The van der Waals surface area contributed by atoms with Crippen LogP contribution in [0.2, 0.25) is 0 Å². The van der Waals surface area contributed by atoms with Crippen LogP contribution in [0.15, 0.2) is 221 Å². The van der Waals surface area contributed by atoms with Crippen LogP contribution >= 0.6 is 34.9 Å². The van der Waals surface area contributed by atoms with Crippen LogP contribution in [-0.4, -0.2) is 97.2 Å². The first-order valence-electron chi connectivity index (χ1n) is 27.9. The Labute approximate surface area is 527 Å². The Morgan fingerprint density at radius 3 is 1.91 bits per heavy atom. The molecule has 3 aromatic heterocycles. The number of nitrogens with one attached hydrogen (secondary N) is 2. The zero-order valence-corrected chi connectivity index (χ0v) is 51.1. The molecule has 1 unspecified atom stereocenters. The van der Waals surface area contributed by atoms with Gasteiger partial charge in [0.15, 0.2) is 40.0 Å². The van der Waals surface area contributed by atoms with Crippen molar-refractivity contribution < 1.29 is 65.9 Å². The number of anilines is 1. The zero-order valence-electron chi connectivity index (χ0n) is 48.6. The molecule has 9 aromatic rings. The summed E-state index contributed by atoms with van der Waals surface area (Å²) >= 11 is 4.09. The number of alkyl halides is 3. The van der Waals surface area contributed by atoms with Gasteiger partial charge in [0.2, 0.25) is 6.10 Å². The lowest BCUT2D eigenvalue weighted by molar-refractivity contribution is -0.670. The fourth-order valence-electron chi connectivity index (χ4n) is 10.00. The van der Waals surface area contributed by atoms with E-state index < -0.39 is 65.1 Å². The smallest absolute Gasteiger partial charge is 0.430 e. The Hall–Kier alpha value is -9.78. The third kappa shape index (κ3) is 14.2. The summed E-state index contributed by atoms with van der Waals surface area (Å²) in [5, 5.41) is 21.9. The molecule has 3 atom stereocenters. The molecule has 2 aliphatic heterocycles. The van der Waals surface area contributed by atoms with Crippen molar-refractivity contribution in [2.75, 3.05) is 23.9 Å². The van der Waals surface area contributed by atoms with E-state index in [1.165, 1.54) is 46.7 Å². The lowest BCUT2D eigenvalue weighted by Gasteiger charge is -2.49. The number of ether oxygens (including phenoxy) is 3. The van der Waals surface area contributed by atoms with Gasteiger partial charge in [0, 0.05) is 30.0 Å². The minimum atomic E-state index is -5.19. The maximum atomic E-state index is 15.0. The van der Waals surface area contributed by atoms with E-state index in [4.69, 9.17) is 38.9 Å². The van der Waals surface area contributed by atoms with Gasteiger partial charge < -0.3 is 44.1 Å². The molecule has 90 heavy (non-hydrogen) atoms. The Bertz CT molecular complexity index is 3950. The number of fused-ring (bicyclic) bond motifs is 2. The van der Waals surface area contributed by atoms with Crippen molar-refractivity contribution >= 4 is 86.5 Å². The first-order chi connectivity index (χ1) is 43.4. The number of oxime groups is 1. The lowest BCUT2D eigenvalue weighted by atomic mass is 9.77. The summed E-state index contributed by atoms with van der Waals surface area (Å²) in [6.45, 7) is 1.42. The molecule has 18 nitrogen and oxygen atoms in total. The molecule has 0 aliphatic carbocycles. The molecule has 0 bridgehead atoms. The number of rotatable bonds is 21. The molecular formula is C66H57F3N8O10S3. The summed E-state index contributed by atoms with van der Waals surface area (Å²) in [5.74, 6) is -4.47. The van der Waals surface area contributed by atoms with E-state index in [9.17, 15) is 27.6 Å². The van der Waals surface area contributed by atoms with Gasteiger partial charge in [-0.15, -0.1) is 23.1 Å². The molecular weight excluding hydrogens is 1220 g/mol. The Morgan fingerprint density at radius 2 is 1.37 bits per heavy atom. The van der Waals surface area contributed by atoms with Gasteiger partial charge in [-0.25, -0.2) is 24.1 Å². The van der Waals surface area contributed by atoms with Gasteiger partial charge in [-0.1, -0.05) is 181 Å². The van der Waals surface area contributed by atoms with Crippen molar-refractivity contribution in [2.24, 2.45) is 19.3 Å². The van der Waals surface area contributed by atoms with Crippen molar-refractivity contribution in [3.63, 3.8) is 0 Å². The van der Waals surface area contributed by atoms with Crippen molar-refractivity contribution in [3.8, 4) is 5.75 Å². The van der Waals surface area contributed by atoms with E-state index in [-0.39, 0.29) is 23.7 Å². The monoisotopic (exact) mass is 1270 g/mol. The number of aryl methyl sites for hydroxylation is 2. The number of carbonyl (C=O) groups is 5. The highest BCUT2D eigenvalue weighted by molar-refractivity contribution is 8.01. The van der Waals surface area contributed by atoms with Gasteiger partial charge in [0.1, 0.15) is 53.7 Å². The first kappa shape index (κ1) is 63.2. The number of carboxylic acids is 1. The fraction of sp³-hybridized carbons (Fsp3) is 0.197. The van der Waals surface area contributed by atoms with E-state index in [1.54, 1.807) is 36.8 Å². The normalized spacial score (nSPS) is 15.2. The maximum absolute atomic E-state index is 15.0. The summed E-state index contributed by atoms with van der Waals surface area (Å²) in [5.41, 5.74) is 6.36. The molecule has 1 fully saturated rings. The number of pyridine rings is 1. The number of methoxy groups -OCH3 is 1. The molecule has 0 radical (unpaired) electrons. The molecule has 24 heteroatoms. The average Bonchev–Trinajstić information content (AvgIpc) is 0.879. The van der Waals surface area contributed by atoms with Crippen LogP contribution in [0.1, 0.15) is 52.1 Å². The number of carbonyl (C=O) groups excluding carboxylic acids is 5. The van der Waals surface area contributed by atoms with Crippen molar-refractivity contribution in [3.05, 3.63) is 250 Å².